The SMILES string of the molecule is CC(C)(C)[Si](OC[C@@H]1OC[C@H](n2cc(F)c(N)nc2=O)O1)(c1ccccc1)c1ccccc1. The molecule has 3 aromatic rings. The third-order valence-electron chi connectivity index (χ3n) is 5.83. The Balaban J connectivity index is 1.61. The Labute approximate surface area is 193 Å². The number of nitrogens with zero attached hydrogens (tertiary/aromatic N) is 2. The molecule has 1 aliphatic heterocycles. The molecule has 4 rings (SSSR count). The zero-order valence-electron chi connectivity index (χ0n) is 18.9. The molecule has 1 aliphatic rings. The molecule has 1 aromatic heterocycles. The highest BCUT2D eigenvalue weighted by molar-refractivity contribution is 6.99. The standard InChI is InChI=1S/C24H28FN3O4Si/c1-24(2,3)33(17-10-6-4-7-11-17,18-12-8-5-9-13-18)31-16-21-30-15-20(32-21)28-14-19(25)22(26)27-23(28)29/h4-14,20-21H,15-16H2,1-3H3,(H2,26,27,29)/t20-,21-/m1/s1. The maximum Gasteiger partial charge on any atom is 0.351 e. The monoisotopic (exact) mass is 469 g/mol. The van der Waals surface area contributed by atoms with Gasteiger partial charge in [-0.2, -0.15) is 4.98 Å². The van der Waals surface area contributed by atoms with Gasteiger partial charge in [0.2, 0.25) is 0 Å². The predicted octanol–water partition coefficient (Wildman–Crippen LogP) is 2.41. The highest BCUT2D eigenvalue weighted by Crippen LogP contribution is 2.37. The molecule has 1 fully saturated rings. The van der Waals surface area contributed by atoms with Gasteiger partial charge in [0.25, 0.3) is 8.32 Å². The second-order valence-electron chi connectivity index (χ2n) is 8.99. The van der Waals surface area contributed by atoms with Crippen molar-refractivity contribution in [1.82, 2.24) is 9.55 Å². The average molecular weight is 470 g/mol. The van der Waals surface area contributed by atoms with Crippen molar-refractivity contribution in [2.45, 2.75) is 38.3 Å². The maximum absolute atomic E-state index is 13.9. The van der Waals surface area contributed by atoms with Gasteiger partial charge >= 0.3 is 5.69 Å². The molecule has 174 valence electrons. The number of ether oxygens (including phenoxy) is 2. The van der Waals surface area contributed by atoms with Crippen molar-refractivity contribution < 1.29 is 18.3 Å². The van der Waals surface area contributed by atoms with Gasteiger partial charge in [-0.15, -0.1) is 0 Å². The Morgan fingerprint density at radius 2 is 1.70 bits per heavy atom. The van der Waals surface area contributed by atoms with Crippen molar-refractivity contribution in [3.05, 3.63) is 83.2 Å². The van der Waals surface area contributed by atoms with Crippen LogP contribution in [-0.2, 0) is 13.9 Å². The first kappa shape index (κ1) is 23.3. The third kappa shape index (κ3) is 4.49. The van der Waals surface area contributed by atoms with Gasteiger partial charge in [0.05, 0.1) is 19.4 Å². The van der Waals surface area contributed by atoms with Crippen molar-refractivity contribution in [3.8, 4) is 0 Å². The van der Waals surface area contributed by atoms with E-state index >= 15 is 0 Å². The van der Waals surface area contributed by atoms with E-state index in [1.807, 2.05) is 36.4 Å². The van der Waals surface area contributed by atoms with E-state index in [1.54, 1.807) is 0 Å². The van der Waals surface area contributed by atoms with Crippen LogP contribution in [0.1, 0.15) is 27.0 Å². The van der Waals surface area contributed by atoms with E-state index in [4.69, 9.17) is 19.6 Å². The van der Waals surface area contributed by atoms with Crippen LogP contribution in [0.2, 0.25) is 5.04 Å². The quantitative estimate of drug-likeness (QED) is 0.558. The molecule has 0 saturated carbocycles. The Morgan fingerprint density at radius 1 is 1.12 bits per heavy atom. The summed E-state index contributed by atoms with van der Waals surface area (Å²) in [6.45, 7) is 6.77. The fraction of sp³-hybridized carbons (Fsp3) is 0.333. The molecular weight excluding hydrogens is 441 g/mol. The van der Waals surface area contributed by atoms with Crippen LogP contribution in [0.4, 0.5) is 10.2 Å². The number of nitrogen functional groups attached to an aromatic ring is 1. The molecule has 0 aliphatic carbocycles. The van der Waals surface area contributed by atoms with E-state index in [0.29, 0.717) is 0 Å². The van der Waals surface area contributed by atoms with Gasteiger partial charge in [0.15, 0.2) is 24.2 Å². The highest BCUT2D eigenvalue weighted by Gasteiger charge is 2.50. The van der Waals surface area contributed by atoms with Crippen LogP contribution in [0, 0.1) is 5.82 Å². The predicted molar refractivity (Wildman–Crippen MR) is 126 cm³/mol. The van der Waals surface area contributed by atoms with Crippen molar-refractivity contribution in [1.29, 1.82) is 0 Å². The van der Waals surface area contributed by atoms with Crippen molar-refractivity contribution in [3.63, 3.8) is 0 Å². The van der Waals surface area contributed by atoms with Crippen molar-refractivity contribution in [2.24, 2.45) is 0 Å². The molecule has 2 heterocycles. The number of benzene rings is 2. The molecule has 0 bridgehead atoms. The summed E-state index contributed by atoms with van der Waals surface area (Å²) in [5.41, 5.74) is 4.68. The molecule has 0 radical (unpaired) electrons. The molecular formula is C24H28FN3O4Si. The normalized spacial score (nSPS) is 19.0. The van der Waals surface area contributed by atoms with Gasteiger partial charge in [-0.25, -0.2) is 9.18 Å². The van der Waals surface area contributed by atoms with Crippen LogP contribution in [0.15, 0.2) is 71.7 Å². The van der Waals surface area contributed by atoms with Crippen LogP contribution < -0.4 is 21.8 Å². The highest BCUT2D eigenvalue weighted by atomic mass is 28.4. The molecule has 33 heavy (non-hydrogen) atoms. The first-order valence-corrected chi connectivity index (χ1v) is 12.7. The fourth-order valence-corrected chi connectivity index (χ4v) is 8.84. The van der Waals surface area contributed by atoms with Crippen molar-refractivity contribution >= 4 is 24.5 Å². The van der Waals surface area contributed by atoms with Gasteiger partial charge in [0, 0.05) is 0 Å². The van der Waals surface area contributed by atoms with E-state index in [9.17, 15) is 9.18 Å². The zero-order valence-corrected chi connectivity index (χ0v) is 19.9. The minimum Gasteiger partial charge on any atom is -0.402 e. The minimum absolute atomic E-state index is 0.0692. The second kappa shape index (κ2) is 9.18. The lowest BCUT2D eigenvalue weighted by atomic mass is 10.2. The number of halogens is 1. The lowest BCUT2D eigenvalue weighted by Gasteiger charge is -2.43. The largest absolute Gasteiger partial charge is 0.402 e. The second-order valence-corrected chi connectivity index (χ2v) is 13.3. The Morgan fingerprint density at radius 3 is 2.24 bits per heavy atom. The van der Waals surface area contributed by atoms with Crippen LogP contribution in [0.5, 0.6) is 0 Å². The van der Waals surface area contributed by atoms with Crippen molar-refractivity contribution in [2.75, 3.05) is 18.9 Å². The topological polar surface area (TPSA) is 88.6 Å². The van der Waals surface area contributed by atoms with Gasteiger partial charge in [-0.1, -0.05) is 81.4 Å². The molecule has 2 atom stereocenters. The van der Waals surface area contributed by atoms with E-state index in [1.165, 1.54) is 0 Å². The molecule has 0 amide bonds. The lowest BCUT2D eigenvalue weighted by molar-refractivity contribution is -0.0957. The number of hydrogen-bond acceptors (Lipinski definition) is 6. The Bertz CT molecular complexity index is 1110. The number of rotatable bonds is 6. The van der Waals surface area contributed by atoms with Gasteiger partial charge in [-0.3, -0.25) is 4.57 Å². The summed E-state index contributed by atoms with van der Waals surface area (Å²) in [5.74, 6) is -1.23. The van der Waals surface area contributed by atoms with Crippen LogP contribution in [-0.4, -0.2) is 37.4 Å². The molecule has 2 N–H and O–H groups in total. The summed E-state index contributed by atoms with van der Waals surface area (Å²) in [6, 6.07) is 20.5. The molecule has 2 aromatic carbocycles. The first-order chi connectivity index (χ1) is 15.7. The molecule has 7 nitrogen and oxygen atoms in total. The summed E-state index contributed by atoms with van der Waals surface area (Å²) in [4.78, 5) is 15.6. The summed E-state index contributed by atoms with van der Waals surface area (Å²) in [5, 5.41) is 2.08. The fourth-order valence-electron chi connectivity index (χ4n) is 4.30. The minimum atomic E-state index is -2.76. The van der Waals surface area contributed by atoms with Gasteiger partial charge in [0.1, 0.15) is 0 Å². The number of hydrogen-bond donors (Lipinski definition) is 1. The van der Waals surface area contributed by atoms with Crippen LogP contribution in [0.3, 0.4) is 0 Å². The summed E-state index contributed by atoms with van der Waals surface area (Å²) in [7, 11) is -2.76. The maximum atomic E-state index is 13.9. The smallest absolute Gasteiger partial charge is 0.351 e. The zero-order chi connectivity index (χ0) is 23.6. The van der Waals surface area contributed by atoms with Gasteiger partial charge < -0.3 is 19.6 Å². The van der Waals surface area contributed by atoms with E-state index in [2.05, 4.69) is 50.0 Å². The number of anilines is 1. The Kier molecular flexibility index (Phi) is 6.49. The summed E-state index contributed by atoms with van der Waals surface area (Å²) < 4.78 is 33.4. The Hall–Kier alpha value is -2.85. The summed E-state index contributed by atoms with van der Waals surface area (Å²) in [6.07, 6.45) is -0.540. The van der Waals surface area contributed by atoms with E-state index in [-0.39, 0.29) is 18.3 Å². The molecule has 0 unspecified atom stereocenters. The molecule has 1 saturated heterocycles. The van der Waals surface area contributed by atoms with E-state index in [0.717, 1.165) is 21.1 Å². The average Bonchev–Trinajstić information content (AvgIpc) is 3.26. The molecule has 0 spiro atoms. The van der Waals surface area contributed by atoms with Crippen LogP contribution in [0.25, 0.3) is 0 Å². The van der Waals surface area contributed by atoms with Gasteiger partial charge in [-0.05, 0) is 15.4 Å². The first-order valence-electron chi connectivity index (χ1n) is 10.8. The number of nitrogens with two attached hydrogens (primary N) is 1. The third-order valence-corrected chi connectivity index (χ3v) is 10.8. The van der Waals surface area contributed by atoms with Crippen LogP contribution >= 0.6 is 0 Å². The molecule has 9 heteroatoms. The summed E-state index contributed by atoms with van der Waals surface area (Å²) >= 11 is 0. The van der Waals surface area contributed by atoms with E-state index < -0.39 is 38.2 Å². The lowest BCUT2D eigenvalue weighted by Crippen LogP contribution is -2.67. The number of aromatic nitrogens is 2.